The SMILES string of the molecule is O=C(Cc1ccccc1)Nc1cc(C(=O)N2CCCNCC2)ccc1N1CCN(C(=O)c2cc(F)cc(F)c2)CC1. The number of anilines is 2. The van der Waals surface area contributed by atoms with Gasteiger partial charge in [-0.3, -0.25) is 14.4 Å². The van der Waals surface area contributed by atoms with E-state index < -0.39 is 17.5 Å². The second-order valence-electron chi connectivity index (χ2n) is 10.3. The van der Waals surface area contributed by atoms with E-state index in [2.05, 4.69) is 10.6 Å². The zero-order valence-corrected chi connectivity index (χ0v) is 22.7. The minimum Gasteiger partial charge on any atom is -0.366 e. The normalized spacial score (nSPS) is 15.8. The maximum atomic E-state index is 13.7. The molecule has 0 atom stereocenters. The summed E-state index contributed by atoms with van der Waals surface area (Å²) in [5.41, 5.74) is 2.60. The molecule has 2 N–H and O–H groups in total. The van der Waals surface area contributed by atoms with Crippen LogP contribution in [0.1, 0.15) is 32.7 Å². The molecule has 0 radical (unpaired) electrons. The molecule has 0 saturated carbocycles. The van der Waals surface area contributed by atoms with Crippen LogP contribution in [0.2, 0.25) is 0 Å². The lowest BCUT2D eigenvalue weighted by Gasteiger charge is -2.37. The highest BCUT2D eigenvalue weighted by atomic mass is 19.1. The third-order valence-corrected chi connectivity index (χ3v) is 7.37. The Balaban J connectivity index is 1.34. The minimum atomic E-state index is -0.797. The number of benzene rings is 3. The van der Waals surface area contributed by atoms with Crippen molar-refractivity contribution in [2.75, 3.05) is 62.6 Å². The third-order valence-electron chi connectivity index (χ3n) is 7.37. The summed E-state index contributed by atoms with van der Waals surface area (Å²) in [5.74, 6) is -2.32. The van der Waals surface area contributed by atoms with Crippen molar-refractivity contribution in [1.29, 1.82) is 0 Å². The molecule has 0 bridgehead atoms. The summed E-state index contributed by atoms with van der Waals surface area (Å²) in [6.45, 7) is 4.41. The van der Waals surface area contributed by atoms with Crippen molar-refractivity contribution in [1.82, 2.24) is 15.1 Å². The van der Waals surface area contributed by atoms with Gasteiger partial charge in [0.15, 0.2) is 0 Å². The first-order valence-electron chi connectivity index (χ1n) is 13.9. The van der Waals surface area contributed by atoms with Gasteiger partial charge in [0, 0.05) is 63.0 Å². The van der Waals surface area contributed by atoms with E-state index in [-0.39, 0.29) is 23.8 Å². The molecule has 3 aromatic carbocycles. The number of halogens is 2. The standard InChI is InChI=1S/C31H33F2N5O3/c32-25-18-24(19-26(33)21-25)31(41)38-15-13-36(14-16-38)28-8-7-23(30(40)37-11-4-9-34-10-12-37)20-27(28)35-29(39)17-22-5-2-1-3-6-22/h1-3,5-8,18-21,34H,4,9-17H2,(H,35,39). The molecule has 41 heavy (non-hydrogen) atoms. The van der Waals surface area contributed by atoms with Crippen LogP contribution in [-0.2, 0) is 11.2 Å². The zero-order valence-electron chi connectivity index (χ0n) is 22.7. The summed E-state index contributed by atoms with van der Waals surface area (Å²) in [5, 5.41) is 6.31. The highest BCUT2D eigenvalue weighted by Gasteiger charge is 2.26. The fourth-order valence-corrected chi connectivity index (χ4v) is 5.26. The Kier molecular flexibility index (Phi) is 8.88. The maximum absolute atomic E-state index is 13.7. The molecule has 2 aliphatic rings. The molecule has 2 saturated heterocycles. The Labute approximate surface area is 237 Å². The lowest BCUT2D eigenvalue weighted by atomic mass is 10.1. The Morgan fingerprint density at radius 2 is 1.41 bits per heavy atom. The van der Waals surface area contributed by atoms with Crippen LogP contribution >= 0.6 is 0 Å². The highest BCUT2D eigenvalue weighted by Crippen LogP contribution is 2.30. The monoisotopic (exact) mass is 561 g/mol. The number of hydrogen-bond donors (Lipinski definition) is 2. The van der Waals surface area contributed by atoms with Gasteiger partial charge in [0.25, 0.3) is 11.8 Å². The van der Waals surface area contributed by atoms with Gasteiger partial charge in [0.1, 0.15) is 11.6 Å². The number of nitrogens with one attached hydrogen (secondary N) is 2. The van der Waals surface area contributed by atoms with E-state index >= 15 is 0 Å². The summed E-state index contributed by atoms with van der Waals surface area (Å²) in [4.78, 5) is 44.7. The number of hydrogen-bond acceptors (Lipinski definition) is 5. The van der Waals surface area contributed by atoms with Crippen molar-refractivity contribution in [2.45, 2.75) is 12.8 Å². The van der Waals surface area contributed by atoms with Crippen molar-refractivity contribution in [3.8, 4) is 0 Å². The minimum absolute atomic E-state index is 0.0311. The molecule has 0 aromatic heterocycles. The van der Waals surface area contributed by atoms with E-state index in [1.165, 1.54) is 0 Å². The van der Waals surface area contributed by atoms with Crippen molar-refractivity contribution in [2.24, 2.45) is 0 Å². The molecule has 2 aliphatic heterocycles. The molecule has 0 spiro atoms. The summed E-state index contributed by atoms with van der Waals surface area (Å²) in [6.07, 6.45) is 1.05. The van der Waals surface area contributed by atoms with E-state index in [1.54, 1.807) is 17.0 Å². The number of rotatable bonds is 6. The molecule has 5 rings (SSSR count). The first-order valence-corrected chi connectivity index (χ1v) is 13.9. The Hall–Kier alpha value is -4.31. The van der Waals surface area contributed by atoms with Crippen LogP contribution in [0.15, 0.2) is 66.7 Å². The molecule has 2 heterocycles. The molecule has 3 aromatic rings. The Bertz CT molecular complexity index is 1380. The van der Waals surface area contributed by atoms with Crippen molar-refractivity contribution < 1.29 is 23.2 Å². The predicted molar refractivity (Wildman–Crippen MR) is 153 cm³/mol. The maximum Gasteiger partial charge on any atom is 0.254 e. The zero-order chi connectivity index (χ0) is 28.8. The first kappa shape index (κ1) is 28.2. The van der Waals surface area contributed by atoms with Gasteiger partial charge >= 0.3 is 0 Å². The molecule has 8 nitrogen and oxygen atoms in total. The van der Waals surface area contributed by atoms with Gasteiger partial charge in [-0.25, -0.2) is 8.78 Å². The van der Waals surface area contributed by atoms with E-state index in [0.29, 0.717) is 50.5 Å². The van der Waals surface area contributed by atoms with E-state index in [9.17, 15) is 23.2 Å². The summed E-state index contributed by atoms with van der Waals surface area (Å²) in [6, 6.07) is 17.6. The van der Waals surface area contributed by atoms with Crippen LogP contribution in [0.4, 0.5) is 20.2 Å². The van der Waals surface area contributed by atoms with Gasteiger partial charge in [-0.05, 0) is 48.9 Å². The van der Waals surface area contributed by atoms with Crippen LogP contribution in [-0.4, -0.2) is 79.9 Å². The Morgan fingerprint density at radius 3 is 2.15 bits per heavy atom. The average molecular weight is 562 g/mol. The summed E-state index contributed by atoms with van der Waals surface area (Å²) < 4.78 is 27.3. The molecule has 0 aliphatic carbocycles. The molecule has 10 heteroatoms. The van der Waals surface area contributed by atoms with Gasteiger partial charge < -0.3 is 25.3 Å². The third kappa shape index (κ3) is 7.07. The fraction of sp³-hybridized carbons (Fsp3) is 0.323. The molecule has 0 unspecified atom stereocenters. The van der Waals surface area contributed by atoms with Crippen LogP contribution < -0.4 is 15.5 Å². The Morgan fingerprint density at radius 1 is 0.732 bits per heavy atom. The first-order chi connectivity index (χ1) is 19.9. The second kappa shape index (κ2) is 12.9. The predicted octanol–water partition coefficient (Wildman–Crippen LogP) is 3.54. The van der Waals surface area contributed by atoms with Gasteiger partial charge in [-0.15, -0.1) is 0 Å². The quantitative estimate of drug-likeness (QED) is 0.481. The van der Waals surface area contributed by atoms with Gasteiger partial charge in [0.2, 0.25) is 5.91 Å². The van der Waals surface area contributed by atoms with E-state index in [4.69, 9.17) is 0 Å². The van der Waals surface area contributed by atoms with E-state index in [0.717, 1.165) is 49.0 Å². The van der Waals surface area contributed by atoms with Crippen LogP contribution in [0.25, 0.3) is 0 Å². The molecule has 214 valence electrons. The molecule has 2 fully saturated rings. The number of carbonyl (C=O) groups is 3. The molecular formula is C31H33F2N5O3. The van der Waals surface area contributed by atoms with Crippen LogP contribution in [0.3, 0.4) is 0 Å². The van der Waals surface area contributed by atoms with Crippen molar-refractivity contribution >= 4 is 29.1 Å². The number of carbonyl (C=O) groups excluding carboxylic acids is 3. The topological polar surface area (TPSA) is 85.0 Å². The molecular weight excluding hydrogens is 528 g/mol. The largest absolute Gasteiger partial charge is 0.366 e. The highest BCUT2D eigenvalue weighted by molar-refractivity contribution is 6.00. The molecule has 3 amide bonds. The smallest absolute Gasteiger partial charge is 0.254 e. The van der Waals surface area contributed by atoms with E-state index in [1.807, 2.05) is 46.2 Å². The average Bonchev–Trinajstić information content (AvgIpc) is 3.26. The fourth-order valence-electron chi connectivity index (χ4n) is 5.26. The van der Waals surface area contributed by atoms with Gasteiger partial charge in [-0.2, -0.15) is 0 Å². The van der Waals surface area contributed by atoms with Gasteiger partial charge in [0.05, 0.1) is 17.8 Å². The van der Waals surface area contributed by atoms with Crippen LogP contribution in [0.5, 0.6) is 0 Å². The second-order valence-corrected chi connectivity index (χ2v) is 10.3. The summed E-state index contributed by atoms with van der Waals surface area (Å²) in [7, 11) is 0. The van der Waals surface area contributed by atoms with Crippen LogP contribution in [0, 0.1) is 11.6 Å². The van der Waals surface area contributed by atoms with Gasteiger partial charge in [-0.1, -0.05) is 30.3 Å². The lowest BCUT2D eigenvalue weighted by Crippen LogP contribution is -2.49. The number of amides is 3. The number of piperazine rings is 1. The van der Waals surface area contributed by atoms with Crippen molar-refractivity contribution in [3.63, 3.8) is 0 Å². The lowest BCUT2D eigenvalue weighted by molar-refractivity contribution is -0.115. The van der Waals surface area contributed by atoms with Crippen molar-refractivity contribution in [3.05, 3.63) is 95.1 Å². The summed E-state index contributed by atoms with van der Waals surface area (Å²) >= 11 is 0. The number of nitrogens with zero attached hydrogens (tertiary/aromatic N) is 3.